The fraction of sp³-hybridized carbons (Fsp3) is 0.111. The van der Waals surface area contributed by atoms with Crippen LogP contribution in [0.15, 0.2) is 48.5 Å². The van der Waals surface area contributed by atoms with Crippen molar-refractivity contribution in [1.29, 1.82) is 0 Å². The Labute approximate surface area is 143 Å². The molecule has 0 bridgehead atoms. The van der Waals surface area contributed by atoms with Gasteiger partial charge in [0.2, 0.25) is 0 Å². The van der Waals surface area contributed by atoms with E-state index in [4.69, 9.17) is 9.72 Å². The molecule has 1 aromatic heterocycles. The molecule has 4 rings (SSSR count). The van der Waals surface area contributed by atoms with Crippen molar-refractivity contribution in [3.63, 3.8) is 0 Å². The predicted octanol–water partition coefficient (Wildman–Crippen LogP) is 3.85. The van der Waals surface area contributed by atoms with E-state index in [0.29, 0.717) is 11.4 Å². The lowest BCUT2D eigenvalue weighted by Crippen LogP contribution is -2.25. The molecular weight excluding hydrogens is 322 g/mol. The van der Waals surface area contributed by atoms with Gasteiger partial charge in [-0.25, -0.2) is 4.98 Å². The number of nitrogens with zero attached hydrogens (tertiary/aromatic N) is 1. The van der Waals surface area contributed by atoms with Gasteiger partial charge in [0.1, 0.15) is 5.75 Å². The van der Waals surface area contributed by atoms with E-state index in [-0.39, 0.29) is 12.5 Å². The zero-order chi connectivity index (χ0) is 16.5. The van der Waals surface area contributed by atoms with Gasteiger partial charge in [0.05, 0.1) is 16.3 Å². The Morgan fingerprint density at radius 3 is 2.79 bits per heavy atom. The lowest BCUT2D eigenvalue weighted by molar-refractivity contribution is -0.118. The van der Waals surface area contributed by atoms with Gasteiger partial charge in [0, 0.05) is 12.6 Å². The van der Waals surface area contributed by atoms with Gasteiger partial charge in [0.25, 0.3) is 5.91 Å². The molecule has 0 saturated heterocycles. The Morgan fingerprint density at radius 1 is 1.17 bits per heavy atom. The van der Waals surface area contributed by atoms with Crippen LogP contribution in [-0.4, -0.2) is 24.5 Å². The number of thiazole rings is 1. The summed E-state index contributed by atoms with van der Waals surface area (Å²) in [5.74, 6) is 0.542. The SMILES string of the molecule is CNc1nc(-c2ccc3c(c2)NC(=O)CO3)c(-c2ccccc2)s1. The van der Waals surface area contributed by atoms with Crippen LogP contribution in [0.2, 0.25) is 0 Å². The summed E-state index contributed by atoms with van der Waals surface area (Å²) in [6, 6.07) is 15.9. The zero-order valence-corrected chi connectivity index (χ0v) is 13.8. The molecule has 24 heavy (non-hydrogen) atoms. The monoisotopic (exact) mass is 337 g/mol. The quantitative estimate of drug-likeness (QED) is 0.762. The maximum Gasteiger partial charge on any atom is 0.262 e. The molecule has 2 N–H and O–H groups in total. The Balaban J connectivity index is 1.83. The molecule has 0 spiro atoms. The fourth-order valence-electron chi connectivity index (χ4n) is 2.64. The van der Waals surface area contributed by atoms with E-state index in [1.807, 2.05) is 43.4 Å². The van der Waals surface area contributed by atoms with Crippen molar-refractivity contribution in [3.05, 3.63) is 48.5 Å². The Hall–Kier alpha value is -2.86. The molecule has 5 nitrogen and oxygen atoms in total. The highest BCUT2D eigenvalue weighted by Crippen LogP contribution is 2.41. The van der Waals surface area contributed by atoms with E-state index < -0.39 is 0 Å². The van der Waals surface area contributed by atoms with Crippen LogP contribution in [-0.2, 0) is 4.79 Å². The molecule has 0 aliphatic carbocycles. The number of rotatable bonds is 3. The molecule has 0 atom stereocenters. The average molecular weight is 337 g/mol. The molecule has 2 heterocycles. The highest BCUT2D eigenvalue weighted by molar-refractivity contribution is 7.19. The van der Waals surface area contributed by atoms with Gasteiger partial charge in [-0.3, -0.25) is 4.79 Å². The molecule has 0 fully saturated rings. The van der Waals surface area contributed by atoms with Crippen molar-refractivity contribution in [2.75, 3.05) is 24.3 Å². The molecule has 2 aromatic carbocycles. The van der Waals surface area contributed by atoms with Gasteiger partial charge < -0.3 is 15.4 Å². The van der Waals surface area contributed by atoms with Gasteiger partial charge in [0.15, 0.2) is 11.7 Å². The molecule has 120 valence electrons. The summed E-state index contributed by atoms with van der Waals surface area (Å²) in [5.41, 5.74) is 3.63. The first kappa shape index (κ1) is 14.7. The summed E-state index contributed by atoms with van der Waals surface area (Å²) >= 11 is 1.60. The third-order valence-electron chi connectivity index (χ3n) is 3.76. The number of benzene rings is 2. The summed E-state index contributed by atoms with van der Waals surface area (Å²) in [4.78, 5) is 17.3. The van der Waals surface area contributed by atoms with Gasteiger partial charge in [-0.2, -0.15) is 0 Å². The number of nitrogens with one attached hydrogen (secondary N) is 2. The van der Waals surface area contributed by atoms with E-state index in [9.17, 15) is 4.79 Å². The zero-order valence-electron chi connectivity index (χ0n) is 13.0. The molecule has 0 unspecified atom stereocenters. The number of amides is 1. The number of carbonyl (C=O) groups is 1. The van der Waals surface area contributed by atoms with Gasteiger partial charge in [-0.1, -0.05) is 41.7 Å². The van der Waals surface area contributed by atoms with E-state index in [1.165, 1.54) is 0 Å². The minimum Gasteiger partial charge on any atom is -0.482 e. The summed E-state index contributed by atoms with van der Waals surface area (Å²) in [6.07, 6.45) is 0. The summed E-state index contributed by atoms with van der Waals surface area (Å²) < 4.78 is 5.43. The minimum absolute atomic E-state index is 0.0578. The fourth-order valence-corrected chi connectivity index (χ4v) is 3.58. The molecular formula is C18H15N3O2S. The van der Waals surface area contributed by atoms with Crippen LogP contribution < -0.4 is 15.4 Å². The topological polar surface area (TPSA) is 63.2 Å². The first-order chi connectivity index (χ1) is 11.7. The second kappa shape index (κ2) is 5.98. The number of hydrogen-bond acceptors (Lipinski definition) is 5. The van der Waals surface area contributed by atoms with Crippen LogP contribution in [0, 0.1) is 0 Å². The van der Waals surface area contributed by atoms with Crippen molar-refractivity contribution >= 4 is 28.1 Å². The van der Waals surface area contributed by atoms with Crippen LogP contribution in [0.25, 0.3) is 21.7 Å². The number of aromatic nitrogens is 1. The first-order valence-electron chi connectivity index (χ1n) is 7.55. The Morgan fingerprint density at radius 2 is 2.00 bits per heavy atom. The van der Waals surface area contributed by atoms with Crippen LogP contribution >= 0.6 is 11.3 Å². The number of ether oxygens (including phenoxy) is 1. The maximum absolute atomic E-state index is 11.6. The highest BCUT2D eigenvalue weighted by atomic mass is 32.1. The maximum atomic E-state index is 11.6. The molecule has 1 amide bonds. The second-order valence-corrected chi connectivity index (χ2v) is 6.36. The van der Waals surface area contributed by atoms with E-state index >= 15 is 0 Å². The lowest BCUT2D eigenvalue weighted by Gasteiger charge is -2.18. The normalized spacial score (nSPS) is 13.0. The molecule has 0 radical (unpaired) electrons. The predicted molar refractivity (Wildman–Crippen MR) is 96.7 cm³/mol. The Kier molecular flexibility index (Phi) is 3.66. The third-order valence-corrected chi connectivity index (χ3v) is 4.88. The Bertz CT molecular complexity index is 906. The van der Waals surface area contributed by atoms with E-state index in [0.717, 1.165) is 26.8 Å². The van der Waals surface area contributed by atoms with Gasteiger partial charge in [-0.05, 0) is 23.8 Å². The van der Waals surface area contributed by atoms with E-state index in [1.54, 1.807) is 11.3 Å². The van der Waals surface area contributed by atoms with Crippen molar-refractivity contribution in [2.45, 2.75) is 0 Å². The largest absolute Gasteiger partial charge is 0.482 e. The average Bonchev–Trinajstić information content (AvgIpc) is 3.06. The molecule has 1 aliphatic heterocycles. The van der Waals surface area contributed by atoms with Crippen LogP contribution in [0.1, 0.15) is 0 Å². The van der Waals surface area contributed by atoms with Gasteiger partial charge in [-0.15, -0.1) is 0 Å². The summed E-state index contributed by atoms with van der Waals surface area (Å²) in [6.45, 7) is 0.0578. The summed E-state index contributed by atoms with van der Waals surface area (Å²) in [7, 11) is 1.86. The van der Waals surface area contributed by atoms with Crippen LogP contribution in [0.4, 0.5) is 10.8 Å². The molecule has 3 aromatic rings. The first-order valence-corrected chi connectivity index (χ1v) is 8.37. The van der Waals surface area contributed by atoms with Gasteiger partial charge >= 0.3 is 0 Å². The van der Waals surface area contributed by atoms with Crippen LogP contribution in [0.3, 0.4) is 0 Å². The number of carbonyl (C=O) groups excluding carboxylic acids is 1. The minimum atomic E-state index is -0.142. The standard InChI is InChI=1S/C18H15N3O2S/c1-19-18-21-16(17(24-18)11-5-3-2-4-6-11)12-7-8-14-13(9-12)20-15(22)10-23-14/h2-9H,10H2,1H3,(H,19,21)(H,20,22). The highest BCUT2D eigenvalue weighted by Gasteiger charge is 2.19. The van der Waals surface area contributed by atoms with Crippen molar-refractivity contribution < 1.29 is 9.53 Å². The molecule has 0 saturated carbocycles. The van der Waals surface area contributed by atoms with E-state index in [2.05, 4.69) is 22.8 Å². The summed E-state index contributed by atoms with van der Waals surface area (Å²) in [5, 5.41) is 6.80. The van der Waals surface area contributed by atoms with Crippen LogP contribution in [0.5, 0.6) is 5.75 Å². The second-order valence-electron chi connectivity index (χ2n) is 5.36. The lowest BCUT2D eigenvalue weighted by atomic mass is 10.1. The molecule has 1 aliphatic rings. The van der Waals surface area contributed by atoms with Crippen molar-refractivity contribution in [3.8, 4) is 27.4 Å². The smallest absolute Gasteiger partial charge is 0.262 e. The number of fused-ring (bicyclic) bond motifs is 1. The molecule has 6 heteroatoms. The van der Waals surface area contributed by atoms with Crippen molar-refractivity contribution in [1.82, 2.24) is 4.98 Å². The number of anilines is 2. The number of hydrogen-bond donors (Lipinski definition) is 2. The third kappa shape index (κ3) is 2.61. The van der Waals surface area contributed by atoms with Crippen molar-refractivity contribution in [2.24, 2.45) is 0 Å².